The Bertz CT molecular complexity index is 97.1. The molecule has 1 aliphatic rings. The predicted molar refractivity (Wildman–Crippen MR) is 39.2 cm³/mol. The third-order valence-electron chi connectivity index (χ3n) is 1.14. The van der Waals surface area contributed by atoms with Crippen molar-refractivity contribution in [3.05, 3.63) is 0 Å². The van der Waals surface area contributed by atoms with Crippen LogP contribution in [0.4, 0.5) is 0 Å². The first-order valence-corrected chi connectivity index (χ1v) is 2.73. The summed E-state index contributed by atoms with van der Waals surface area (Å²) in [5, 5.41) is 6.92. The van der Waals surface area contributed by atoms with E-state index in [0.717, 1.165) is 25.2 Å². The molecule has 0 saturated carbocycles. The van der Waals surface area contributed by atoms with Gasteiger partial charge in [0.05, 0.1) is 5.71 Å². The highest BCUT2D eigenvalue weighted by atomic mass is 35.5. The van der Waals surface area contributed by atoms with E-state index in [-0.39, 0.29) is 12.4 Å². The maximum Gasteiger partial charge on any atom is 0.106 e. The summed E-state index contributed by atoms with van der Waals surface area (Å²) in [4.78, 5) is 4.57. The molecule has 0 atom stereocenters. The van der Waals surface area contributed by atoms with Crippen molar-refractivity contribution < 1.29 is 4.84 Å². The Labute approximate surface area is 60.9 Å². The van der Waals surface area contributed by atoms with Gasteiger partial charge in [-0.05, 0) is 0 Å². The fourth-order valence-corrected chi connectivity index (χ4v) is 0.761. The lowest BCUT2D eigenvalue weighted by Gasteiger charge is -1.88. The van der Waals surface area contributed by atoms with Crippen molar-refractivity contribution in [2.75, 3.05) is 20.2 Å². The first kappa shape index (κ1) is 8.72. The van der Waals surface area contributed by atoms with Crippen LogP contribution in [0.5, 0.6) is 0 Å². The molecule has 0 aromatic rings. The minimum atomic E-state index is 0. The highest BCUT2D eigenvalue weighted by Gasteiger charge is 2.05. The predicted octanol–water partition coefficient (Wildman–Crippen LogP) is 0.404. The molecule has 0 aromatic heterocycles. The highest BCUT2D eigenvalue weighted by Crippen LogP contribution is 1.91. The van der Waals surface area contributed by atoms with Crippen LogP contribution in [0.2, 0.25) is 0 Å². The van der Waals surface area contributed by atoms with Gasteiger partial charge in [-0.2, -0.15) is 0 Å². The number of oxime groups is 1. The number of rotatable bonds is 1. The van der Waals surface area contributed by atoms with E-state index in [9.17, 15) is 0 Å². The number of hydrogen-bond donors (Lipinski definition) is 1. The van der Waals surface area contributed by atoms with Crippen LogP contribution in [0.25, 0.3) is 0 Å². The van der Waals surface area contributed by atoms with Gasteiger partial charge >= 0.3 is 0 Å². The molecule has 0 bridgehead atoms. The molecular weight excluding hydrogens is 140 g/mol. The van der Waals surface area contributed by atoms with E-state index in [1.54, 1.807) is 7.11 Å². The van der Waals surface area contributed by atoms with Crippen molar-refractivity contribution in [3.63, 3.8) is 0 Å². The van der Waals surface area contributed by atoms with Gasteiger partial charge in [-0.25, -0.2) is 0 Å². The lowest BCUT2D eigenvalue weighted by molar-refractivity contribution is 0.212. The molecule has 1 fully saturated rings. The second kappa shape index (κ2) is 4.58. The van der Waals surface area contributed by atoms with Crippen LogP contribution in [0.1, 0.15) is 6.42 Å². The van der Waals surface area contributed by atoms with E-state index >= 15 is 0 Å². The first-order valence-electron chi connectivity index (χ1n) is 2.73. The van der Waals surface area contributed by atoms with Crippen LogP contribution in [0.15, 0.2) is 5.16 Å². The van der Waals surface area contributed by atoms with Crippen LogP contribution in [-0.2, 0) is 4.84 Å². The topological polar surface area (TPSA) is 33.6 Å². The van der Waals surface area contributed by atoms with Crippen LogP contribution < -0.4 is 5.32 Å². The fourth-order valence-electron chi connectivity index (χ4n) is 0.761. The standard InChI is InChI=1S/C5H10N2O.ClH/c1-8-7-5-2-3-6-4-5;/h6H,2-4H2,1H3;1H. The van der Waals surface area contributed by atoms with Gasteiger partial charge in [0.2, 0.25) is 0 Å². The summed E-state index contributed by atoms with van der Waals surface area (Å²) >= 11 is 0. The highest BCUT2D eigenvalue weighted by molar-refractivity contribution is 5.87. The minimum absolute atomic E-state index is 0. The summed E-state index contributed by atoms with van der Waals surface area (Å²) in [7, 11) is 1.57. The van der Waals surface area contributed by atoms with E-state index in [0.29, 0.717) is 0 Å². The maximum atomic E-state index is 4.57. The van der Waals surface area contributed by atoms with E-state index in [1.165, 1.54) is 0 Å². The van der Waals surface area contributed by atoms with Crippen molar-refractivity contribution in [1.82, 2.24) is 5.32 Å². The summed E-state index contributed by atoms with van der Waals surface area (Å²) in [5.74, 6) is 0. The average Bonchev–Trinajstić information content (AvgIpc) is 2.19. The van der Waals surface area contributed by atoms with Crippen molar-refractivity contribution in [3.8, 4) is 0 Å². The molecule has 0 spiro atoms. The van der Waals surface area contributed by atoms with Gasteiger partial charge in [-0.15, -0.1) is 12.4 Å². The first-order chi connectivity index (χ1) is 3.93. The zero-order chi connectivity index (χ0) is 5.82. The van der Waals surface area contributed by atoms with E-state index < -0.39 is 0 Å². The lowest BCUT2D eigenvalue weighted by atomic mass is 10.3. The molecule has 0 unspecified atom stereocenters. The Morgan fingerprint density at radius 1 is 1.67 bits per heavy atom. The van der Waals surface area contributed by atoms with Gasteiger partial charge in [0.25, 0.3) is 0 Å². The van der Waals surface area contributed by atoms with Crippen molar-refractivity contribution in [2.45, 2.75) is 6.42 Å². The van der Waals surface area contributed by atoms with Crippen LogP contribution in [0.3, 0.4) is 0 Å². The summed E-state index contributed by atoms with van der Waals surface area (Å²) in [6, 6.07) is 0. The number of hydrogen-bond acceptors (Lipinski definition) is 3. The second-order valence-electron chi connectivity index (χ2n) is 1.77. The third-order valence-corrected chi connectivity index (χ3v) is 1.14. The average molecular weight is 151 g/mol. The van der Waals surface area contributed by atoms with E-state index in [1.807, 2.05) is 0 Å². The van der Waals surface area contributed by atoms with Crippen LogP contribution in [-0.4, -0.2) is 25.9 Å². The molecule has 1 rings (SSSR count). The molecule has 0 amide bonds. The molecule has 1 saturated heterocycles. The van der Waals surface area contributed by atoms with Gasteiger partial charge in [0.1, 0.15) is 7.11 Å². The molecule has 0 radical (unpaired) electrons. The quantitative estimate of drug-likeness (QED) is 0.550. The summed E-state index contributed by atoms with van der Waals surface area (Å²) in [5.41, 5.74) is 1.12. The summed E-state index contributed by atoms with van der Waals surface area (Å²) < 4.78 is 0. The van der Waals surface area contributed by atoms with Crippen molar-refractivity contribution >= 4 is 18.1 Å². The molecule has 3 nitrogen and oxygen atoms in total. The van der Waals surface area contributed by atoms with E-state index in [4.69, 9.17) is 0 Å². The molecule has 1 aliphatic heterocycles. The smallest absolute Gasteiger partial charge is 0.106 e. The second-order valence-corrected chi connectivity index (χ2v) is 1.77. The monoisotopic (exact) mass is 150 g/mol. The SMILES string of the molecule is CON=C1CCNC1.Cl. The largest absolute Gasteiger partial charge is 0.399 e. The Hall–Kier alpha value is -0.280. The minimum Gasteiger partial charge on any atom is -0.399 e. The molecular formula is C5H11ClN2O. The number of halogens is 1. The third kappa shape index (κ3) is 2.67. The number of nitrogens with one attached hydrogen (secondary N) is 1. The Morgan fingerprint density at radius 3 is 2.89 bits per heavy atom. The summed E-state index contributed by atoms with van der Waals surface area (Å²) in [6.07, 6.45) is 1.04. The van der Waals surface area contributed by atoms with Gasteiger partial charge in [0.15, 0.2) is 0 Å². The van der Waals surface area contributed by atoms with Gasteiger partial charge < -0.3 is 10.2 Å². The molecule has 4 heteroatoms. The molecule has 54 valence electrons. The Kier molecular flexibility index (Phi) is 4.44. The Balaban J connectivity index is 0.000000640. The van der Waals surface area contributed by atoms with Gasteiger partial charge in [-0.3, -0.25) is 0 Å². The molecule has 9 heavy (non-hydrogen) atoms. The van der Waals surface area contributed by atoms with Gasteiger partial charge in [0, 0.05) is 19.5 Å². The maximum absolute atomic E-state index is 4.57. The zero-order valence-electron chi connectivity index (χ0n) is 5.39. The van der Waals surface area contributed by atoms with Crippen molar-refractivity contribution in [2.24, 2.45) is 5.16 Å². The molecule has 1 heterocycles. The van der Waals surface area contributed by atoms with E-state index in [2.05, 4.69) is 15.3 Å². The number of nitrogens with zero attached hydrogens (tertiary/aromatic N) is 1. The summed E-state index contributed by atoms with van der Waals surface area (Å²) in [6.45, 7) is 1.94. The normalized spacial score (nSPS) is 21.7. The van der Waals surface area contributed by atoms with Crippen LogP contribution >= 0.6 is 12.4 Å². The molecule has 0 aromatic carbocycles. The van der Waals surface area contributed by atoms with Crippen molar-refractivity contribution in [1.29, 1.82) is 0 Å². The van der Waals surface area contributed by atoms with Gasteiger partial charge in [-0.1, -0.05) is 5.16 Å². The zero-order valence-corrected chi connectivity index (χ0v) is 6.20. The molecule has 1 N–H and O–H groups in total. The fraction of sp³-hybridized carbons (Fsp3) is 0.800. The molecule has 0 aliphatic carbocycles. The lowest BCUT2D eigenvalue weighted by Crippen LogP contribution is -2.08. The Morgan fingerprint density at radius 2 is 2.44 bits per heavy atom. The van der Waals surface area contributed by atoms with Crippen LogP contribution in [0, 0.1) is 0 Å².